The van der Waals surface area contributed by atoms with Crippen LogP contribution >= 0.6 is 0 Å². The van der Waals surface area contributed by atoms with Crippen molar-refractivity contribution in [1.29, 1.82) is 0 Å². The van der Waals surface area contributed by atoms with Gasteiger partial charge < -0.3 is 15.8 Å². The van der Waals surface area contributed by atoms with E-state index in [4.69, 9.17) is 10.5 Å². The summed E-state index contributed by atoms with van der Waals surface area (Å²) in [5.41, 5.74) is 7.90. The number of hydrogen-bond donors (Lipinski definition) is 2. The van der Waals surface area contributed by atoms with Gasteiger partial charge in [-0.15, -0.1) is 0 Å². The molecule has 6 heteroatoms. The largest absolute Gasteiger partial charge is 0.444 e. The smallest absolute Gasteiger partial charge is 0.411 e. The number of fused-ring (bicyclic) bond motifs is 1. The highest BCUT2D eigenvalue weighted by molar-refractivity contribution is 5.96. The number of ether oxygens (including phenoxy) is 1. The molecule has 1 aromatic carbocycles. The lowest BCUT2D eigenvalue weighted by Crippen LogP contribution is -2.46. The number of carbonyl (C=O) groups excluding carboxylic acids is 1. The second-order valence-electron chi connectivity index (χ2n) is 8.18. The lowest BCUT2D eigenvalue weighted by atomic mass is 9.94. The van der Waals surface area contributed by atoms with Gasteiger partial charge in [0, 0.05) is 11.4 Å². The van der Waals surface area contributed by atoms with Crippen LogP contribution in [0.5, 0.6) is 0 Å². The average molecular weight is 370 g/mol. The third-order valence-corrected chi connectivity index (χ3v) is 4.87. The van der Waals surface area contributed by atoms with Crippen molar-refractivity contribution in [3.8, 4) is 0 Å². The lowest BCUT2D eigenvalue weighted by Gasteiger charge is -2.36. The molecular weight excluding hydrogens is 340 g/mol. The zero-order valence-electron chi connectivity index (χ0n) is 16.5. The van der Waals surface area contributed by atoms with Crippen molar-refractivity contribution in [2.45, 2.75) is 64.5 Å². The van der Waals surface area contributed by atoms with Crippen molar-refractivity contribution in [3.05, 3.63) is 30.5 Å². The monoisotopic (exact) mass is 370 g/mol. The van der Waals surface area contributed by atoms with Gasteiger partial charge in [0.15, 0.2) is 0 Å². The molecule has 1 aliphatic carbocycles. The molecule has 1 heterocycles. The molecule has 0 unspecified atom stereocenters. The zero-order valence-corrected chi connectivity index (χ0v) is 16.5. The minimum absolute atomic E-state index is 0.190. The number of hydrogen-bond acceptors (Lipinski definition) is 5. The topological polar surface area (TPSA) is 80.5 Å². The first kappa shape index (κ1) is 19.3. The molecule has 0 aliphatic heterocycles. The molecule has 1 aliphatic rings. The van der Waals surface area contributed by atoms with Crippen LogP contribution in [0, 0.1) is 0 Å². The van der Waals surface area contributed by atoms with Crippen LogP contribution in [0.2, 0.25) is 0 Å². The number of para-hydroxylation sites is 1. The van der Waals surface area contributed by atoms with Gasteiger partial charge in [-0.2, -0.15) is 0 Å². The fourth-order valence-corrected chi connectivity index (χ4v) is 3.57. The first-order valence-corrected chi connectivity index (χ1v) is 9.72. The normalized spacial score (nSPS) is 15.5. The summed E-state index contributed by atoms with van der Waals surface area (Å²) in [6, 6.07) is 8.04. The predicted molar refractivity (Wildman–Crippen MR) is 110 cm³/mol. The van der Waals surface area contributed by atoms with E-state index in [0.29, 0.717) is 12.4 Å². The van der Waals surface area contributed by atoms with Gasteiger partial charge in [0.25, 0.3) is 0 Å². The van der Waals surface area contributed by atoms with Crippen LogP contribution in [-0.4, -0.2) is 34.3 Å². The number of nitrogens with two attached hydrogens (primary N) is 1. The molecule has 1 fully saturated rings. The van der Waals surface area contributed by atoms with Crippen molar-refractivity contribution < 1.29 is 9.53 Å². The summed E-state index contributed by atoms with van der Waals surface area (Å²) in [6.45, 7) is 6.04. The number of nitrogen functional groups attached to an aromatic ring is 1. The molecule has 3 N–H and O–H groups in total. The Hall–Kier alpha value is -2.50. The predicted octanol–water partition coefficient (Wildman–Crippen LogP) is 4.76. The van der Waals surface area contributed by atoms with Crippen LogP contribution < -0.4 is 11.1 Å². The molecular formula is C21H30N4O2. The summed E-state index contributed by atoms with van der Waals surface area (Å²) in [5, 5.41) is 4.33. The number of pyridine rings is 1. The number of carbonyl (C=O) groups is 1. The summed E-state index contributed by atoms with van der Waals surface area (Å²) in [5.74, 6) is 0. The summed E-state index contributed by atoms with van der Waals surface area (Å²) in [4.78, 5) is 19.0. The first-order valence-electron chi connectivity index (χ1n) is 9.72. The second-order valence-corrected chi connectivity index (χ2v) is 8.18. The maximum atomic E-state index is 12.8. The molecule has 3 rings (SSSR count). The van der Waals surface area contributed by atoms with Crippen LogP contribution in [-0.2, 0) is 4.74 Å². The Kier molecular flexibility index (Phi) is 5.73. The third kappa shape index (κ3) is 4.81. The van der Waals surface area contributed by atoms with E-state index in [0.717, 1.165) is 42.3 Å². The molecule has 2 aromatic rings. The van der Waals surface area contributed by atoms with Gasteiger partial charge in [0.1, 0.15) is 5.60 Å². The number of amides is 1. The number of rotatable bonds is 4. The number of benzene rings is 1. The highest BCUT2D eigenvalue weighted by Crippen LogP contribution is 2.29. The second kappa shape index (κ2) is 8.03. The molecule has 0 saturated heterocycles. The Morgan fingerprint density at radius 2 is 1.96 bits per heavy atom. The van der Waals surface area contributed by atoms with Crippen LogP contribution in [0.25, 0.3) is 10.9 Å². The average Bonchev–Trinajstić information content (AvgIpc) is 2.63. The molecule has 27 heavy (non-hydrogen) atoms. The third-order valence-electron chi connectivity index (χ3n) is 4.87. The van der Waals surface area contributed by atoms with Crippen LogP contribution in [0.4, 0.5) is 16.2 Å². The van der Waals surface area contributed by atoms with Gasteiger partial charge in [-0.1, -0.05) is 37.5 Å². The first-order chi connectivity index (χ1) is 12.8. The number of aromatic nitrogens is 1. The van der Waals surface area contributed by atoms with E-state index in [1.165, 1.54) is 6.42 Å². The highest BCUT2D eigenvalue weighted by atomic mass is 16.6. The summed E-state index contributed by atoms with van der Waals surface area (Å²) in [6.07, 6.45) is 6.91. The van der Waals surface area contributed by atoms with Crippen LogP contribution in [0.1, 0.15) is 52.9 Å². The molecule has 0 spiro atoms. The summed E-state index contributed by atoms with van der Waals surface area (Å²) < 4.78 is 5.66. The molecule has 0 radical (unpaired) electrons. The van der Waals surface area contributed by atoms with Gasteiger partial charge in [-0.25, -0.2) is 4.79 Å². The number of anilines is 2. The molecule has 1 aromatic heterocycles. The molecule has 0 atom stereocenters. The van der Waals surface area contributed by atoms with E-state index in [-0.39, 0.29) is 12.1 Å². The Labute approximate surface area is 161 Å². The molecule has 1 amide bonds. The van der Waals surface area contributed by atoms with Gasteiger partial charge in [0.2, 0.25) is 0 Å². The van der Waals surface area contributed by atoms with Gasteiger partial charge in [0.05, 0.1) is 29.8 Å². The van der Waals surface area contributed by atoms with Crippen molar-refractivity contribution in [2.24, 2.45) is 0 Å². The summed E-state index contributed by atoms with van der Waals surface area (Å²) in [7, 11) is 0. The van der Waals surface area contributed by atoms with E-state index >= 15 is 0 Å². The van der Waals surface area contributed by atoms with Gasteiger partial charge in [-0.05, 0) is 39.7 Å². The van der Waals surface area contributed by atoms with Crippen molar-refractivity contribution in [2.75, 3.05) is 17.7 Å². The van der Waals surface area contributed by atoms with Crippen molar-refractivity contribution in [3.63, 3.8) is 0 Å². The van der Waals surface area contributed by atoms with E-state index in [1.54, 1.807) is 6.20 Å². The Morgan fingerprint density at radius 1 is 1.26 bits per heavy atom. The number of nitrogens with zero attached hydrogens (tertiary/aromatic N) is 2. The molecule has 6 nitrogen and oxygen atoms in total. The SMILES string of the molecule is CC(C)(C)OC(=O)N(CNc1c(N)cnc2ccccc12)C1CCCCC1. The molecule has 146 valence electrons. The van der Waals surface area contributed by atoms with Crippen molar-refractivity contribution in [1.82, 2.24) is 9.88 Å². The fraction of sp³-hybridized carbons (Fsp3) is 0.524. The highest BCUT2D eigenvalue weighted by Gasteiger charge is 2.29. The quantitative estimate of drug-likeness (QED) is 0.759. The minimum atomic E-state index is -0.521. The number of nitrogens with one attached hydrogen (secondary N) is 1. The molecule has 0 bridgehead atoms. The Morgan fingerprint density at radius 3 is 2.67 bits per heavy atom. The van der Waals surface area contributed by atoms with E-state index < -0.39 is 5.60 Å². The van der Waals surface area contributed by atoms with E-state index in [9.17, 15) is 4.79 Å². The standard InChI is InChI=1S/C21H30N4O2/c1-21(2,3)27-20(26)25(15-9-5-4-6-10-15)14-24-19-16-11-7-8-12-18(16)23-13-17(19)22/h7-8,11-13,15H,4-6,9-10,14,22H2,1-3H3,(H,23,24). The molecule has 1 saturated carbocycles. The zero-order chi connectivity index (χ0) is 19.4. The maximum Gasteiger partial charge on any atom is 0.411 e. The van der Waals surface area contributed by atoms with Gasteiger partial charge >= 0.3 is 6.09 Å². The minimum Gasteiger partial charge on any atom is -0.444 e. The van der Waals surface area contributed by atoms with Crippen LogP contribution in [0.15, 0.2) is 30.5 Å². The Bertz CT molecular complexity index is 794. The van der Waals surface area contributed by atoms with Gasteiger partial charge in [-0.3, -0.25) is 9.88 Å². The van der Waals surface area contributed by atoms with E-state index in [1.807, 2.05) is 49.9 Å². The van der Waals surface area contributed by atoms with Crippen LogP contribution in [0.3, 0.4) is 0 Å². The Balaban J connectivity index is 1.82. The fourth-order valence-electron chi connectivity index (χ4n) is 3.57. The lowest BCUT2D eigenvalue weighted by molar-refractivity contribution is 0.0141. The summed E-state index contributed by atoms with van der Waals surface area (Å²) >= 11 is 0. The maximum absolute atomic E-state index is 12.8. The van der Waals surface area contributed by atoms with Crippen molar-refractivity contribution >= 4 is 28.4 Å². The van der Waals surface area contributed by atoms with E-state index in [2.05, 4.69) is 10.3 Å².